The lowest BCUT2D eigenvalue weighted by Gasteiger charge is -2.10. The molecule has 2 aromatic rings. The molecule has 0 spiro atoms. The molecule has 0 aliphatic carbocycles. The van der Waals surface area contributed by atoms with Gasteiger partial charge in [0.1, 0.15) is 0 Å². The summed E-state index contributed by atoms with van der Waals surface area (Å²) in [6.07, 6.45) is 0. The summed E-state index contributed by atoms with van der Waals surface area (Å²) in [4.78, 5) is 2.11. The normalized spacial score (nSPS) is 10.6. The van der Waals surface area contributed by atoms with Crippen LogP contribution in [0.5, 0.6) is 0 Å². The van der Waals surface area contributed by atoms with Crippen LogP contribution in [0.15, 0.2) is 47.4 Å². The summed E-state index contributed by atoms with van der Waals surface area (Å²) in [6, 6.07) is 13.7. The Kier molecular flexibility index (Phi) is 6.14. The lowest BCUT2D eigenvalue weighted by atomic mass is 10.1. The average molecular weight is 321 g/mol. The fourth-order valence-corrected chi connectivity index (χ4v) is 3.23. The Morgan fingerprint density at radius 2 is 1.36 bits per heavy atom. The summed E-state index contributed by atoms with van der Waals surface area (Å²) < 4.78 is 30.8. The van der Waals surface area contributed by atoms with Gasteiger partial charge in [0.15, 0.2) is 0 Å². The van der Waals surface area contributed by atoms with E-state index >= 15 is 0 Å². The molecule has 0 heterocycles. The number of hydrogen-bond donors (Lipinski definition) is 1. The van der Waals surface area contributed by atoms with Crippen molar-refractivity contribution in [3.63, 3.8) is 0 Å². The third kappa shape index (κ3) is 5.16. The zero-order valence-corrected chi connectivity index (χ0v) is 14.5. The molecule has 0 amide bonds. The molecule has 0 atom stereocenters. The minimum absolute atomic E-state index is 0.0260. The molecule has 5 heteroatoms. The van der Waals surface area contributed by atoms with Gasteiger partial charge in [-0.1, -0.05) is 35.9 Å². The quantitative estimate of drug-likeness (QED) is 0.859. The van der Waals surface area contributed by atoms with Crippen molar-refractivity contribution >= 4 is 15.8 Å². The largest absolute Gasteiger partial charge is 0.378 e. The van der Waals surface area contributed by atoms with E-state index in [1.54, 1.807) is 26.0 Å². The van der Waals surface area contributed by atoms with Gasteiger partial charge < -0.3 is 4.90 Å². The molecule has 0 saturated heterocycles. The average Bonchev–Trinajstić information content (AvgIpc) is 2.37. The van der Waals surface area contributed by atoms with Crippen molar-refractivity contribution in [1.29, 1.82) is 0 Å². The molecule has 0 unspecified atom stereocenters. The summed E-state index contributed by atoms with van der Waals surface area (Å²) >= 11 is 0. The second-order valence-electron chi connectivity index (χ2n) is 5.43. The van der Waals surface area contributed by atoms with Crippen molar-refractivity contribution in [2.75, 3.05) is 19.0 Å². The Balaban J connectivity index is 0.000000235. The van der Waals surface area contributed by atoms with Gasteiger partial charge in [0.2, 0.25) is 0 Å². The molecular weight excluding hydrogens is 298 g/mol. The zero-order valence-electron chi connectivity index (χ0n) is 13.7. The molecule has 22 heavy (non-hydrogen) atoms. The van der Waals surface area contributed by atoms with Gasteiger partial charge in [0, 0.05) is 19.8 Å². The van der Waals surface area contributed by atoms with Crippen LogP contribution >= 0.6 is 0 Å². The van der Waals surface area contributed by atoms with E-state index in [1.807, 2.05) is 39.2 Å². The first kappa shape index (κ1) is 18.2. The fourth-order valence-electron chi connectivity index (χ4n) is 2.30. The Hall–Kier alpha value is -1.85. The molecule has 0 aliphatic rings. The lowest BCUT2D eigenvalue weighted by molar-refractivity contribution is 0.482. The number of rotatable bonds is 2. The zero-order chi connectivity index (χ0) is 16.9. The fraction of sp³-hybridized carbons (Fsp3) is 0.294. The molecule has 2 rings (SSSR count). The second kappa shape index (κ2) is 7.42. The van der Waals surface area contributed by atoms with Crippen molar-refractivity contribution in [2.45, 2.75) is 25.7 Å². The molecular formula is C17H23NO3S. The Morgan fingerprint density at radius 3 is 1.68 bits per heavy atom. The van der Waals surface area contributed by atoms with Crippen LogP contribution in [0.1, 0.15) is 16.7 Å². The van der Waals surface area contributed by atoms with Crippen LogP contribution in [0.2, 0.25) is 0 Å². The molecule has 0 bridgehead atoms. The third-order valence-corrected chi connectivity index (χ3v) is 4.30. The summed E-state index contributed by atoms with van der Waals surface area (Å²) in [5.41, 5.74) is 3.40. The standard InChI is InChI=1S/C9H12O3S.C8H11N/c1-6-4-7(2)9(8(3)5-6)13(10,11)12;1-9(2)8-6-4-3-5-7-8/h4-5H,1-3H3,(H,10,11,12);3-7H,1-2H3. The van der Waals surface area contributed by atoms with Crippen molar-refractivity contribution in [3.8, 4) is 0 Å². The smallest absolute Gasteiger partial charge is 0.295 e. The van der Waals surface area contributed by atoms with Crippen molar-refractivity contribution in [2.24, 2.45) is 0 Å². The maximum Gasteiger partial charge on any atom is 0.295 e. The number of aryl methyl sites for hydroxylation is 3. The molecule has 2 aromatic carbocycles. The summed E-state index contributed by atoms with van der Waals surface area (Å²) in [5, 5.41) is 0. The van der Waals surface area contributed by atoms with Crippen LogP contribution in [0.3, 0.4) is 0 Å². The highest BCUT2D eigenvalue weighted by molar-refractivity contribution is 7.86. The van der Waals surface area contributed by atoms with Crippen molar-refractivity contribution in [1.82, 2.24) is 0 Å². The van der Waals surface area contributed by atoms with E-state index in [0.29, 0.717) is 11.1 Å². The van der Waals surface area contributed by atoms with Crippen LogP contribution < -0.4 is 4.90 Å². The van der Waals surface area contributed by atoms with Gasteiger partial charge in [0.05, 0.1) is 4.90 Å². The summed E-state index contributed by atoms with van der Waals surface area (Å²) in [5.74, 6) is 0. The van der Waals surface area contributed by atoms with Crippen LogP contribution in [0.25, 0.3) is 0 Å². The van der Waals surface area contributed by atoms with Gasteiger partial charge in [-0.3, -0.25) is 4.55 Å². The van der Waals surface area contributed by atoms with E-state index in [1.165, 1.54) is 5.69 Å². The van der Waals surface area contributed by atoms with E-state index in [-0.39, 0.29) is 4.90 Å². The summed E-state index contributed by atoms with van der Waals surface area (Å²) in [7, 11) is -0.00685. The Labute approximate surface area is 133 Å². The highest BCUT2D eigenvalue weighted by Crippen LogP contribution is 2.20. The van der Waals surface area contributed by atoms with Gasteiger partial charge in [-0.2, -0.15) is 8.42 Å². The van der Waals surface area contributed by atoms with Gasteiger partial charge in [-0.15, -0.1) is 0 Å². The maximum absolute atomic E-state index is 10.9. The number of para-hydroxylation sites is 1. The van der Waals surface area contributed by atoms with Gasteiger partial charge in [-0.25, -0.2) is 0 Å². The number of nitrogens with zero attached hydrogens (tertiary/aromatic N) is 1. The van der Waals surface area contributed by atoms with Gasteiger partial charge >= 0.3 is 0 Å². The van der Waals surface area contributed by atoms with Crippen LogP contribution in [0.4, 0.5) is 5.69 Å². The van der Waals surface area contributed by atoms with Crippen LogP contribution in [-0.2, 0) is 10.1 Å². The molecule has 4 nitrogen and oxygen atoms in total. The van der Waals surface area contributed by atoms with Crippen molar-refractivity contribution in [3.05, 3.63) is 59.2 Å². The topological polar surface area (TPSA) is 57.6 Å². The number of benzene rings is 2. The molecule has 120 valence electrons. The molecule has 0 fully saturated rings. The minimum atomic E-state index is -4.08. The highest BCUT2D eigenvalue weighted by atomic mass is 32.2. The van der Waals surface area contributed by atoms with Crippen molar-refractivity contribution < 1.29 is 13.0 Å². The Morgan fingerprint density at radius 1 is 0.909 bits per heavy atom. The predicted octanol–water partition coefficient (Wildman–Crippen LogP) is 3.61. The Bertz CT molecular complexity index is 700. The van der Waals surface area contributed by atoms with E-state index in [0.717, 1.165) is 5.56 Å². The summed E-state index contributed by atoms with van der Waals surface area (Å²) in [6.45, 7) is 5.22. The van der Waals surface area contributed by atoms with E-state index < -0.39 is 10.1 Å². The first-order valence-electron chi connectivity index (χ1n) is 6.90. The van der Waals surface area contributed by atoms with Gasteiger partial charge in [-0.05, 0) is 44.0 Å². The monoisotopic (exact) mass is 321 g/mol. The van der Waals surface area contributed by atoms with E-state index in [2.05, 4.69) is 17.0 Å². The maximum atomic E-state index is 10.9. The highest BCUT2D eigenvalue weighted by Gasteiger charge is 2.15. The third-order valence-electron chi connectivity index (χ3n) is 3.14. The molecule has 0 radical (unpaired) electrons. The number of hydrogen-bond acceptors (Lipinski definition) is 3. The first-order valence-corrected chi connectivity index (χ1v) is 8.34. The number of anilines is 1. The molecule has 0 aliphatic heterocycles. The SMILES string of the molecule is CN(C)c1ccccc1.Cc1cc(C)c(S(=O)(=O)O)c(C)c1. The van der Waals surface area contributed by atoms with E-state index in [9.17, 15) is 8.42 Å². The van der Waals surface area contributed by atoms with Crippen LogP contribution in [-0.4, -0.2) is 27.1 Å². The van der Waals surface area contributed by atoms with Gasteiger partial charge in [0.25, 0.3) is 10.1 Å². The molecule has 1 N–H and O–H groups in total. The van der Waals surface area contributed by atoms with E-state index in [4.69, 9.17) is 4.55 Å². The second-order valence-corrected chi connectivity index (χ2v) is 6.79. The molecule has 0 saturated carbocycles. The molecule has 0 aromatic heterocycles. The lowest BCUT2D eigenvalue weighted by Crippen LogP contribution is -2.07. The first-order chi connectivity index (χ1) is 10.1. The van der Waals surface area contributed by atoms with Crippen LogP contribution in [0, 0.1) is 20.8 Å². The minimum Gasteiger partial charge on any atom is -0.378 e. The predicted molar refractivity (Wildman–Crippen MR) is 91.2 cm³/mol.